The Morgan fingerprint density at radius 2 is 1.00 bits per heavy atom. The standard InChI is InChI=1S/C24H14Cl2I2O2/c25-15-5-1-13(2-6-15)23-17-9-18-22(10-21(17)29-11-19(23)27)30-12-20(28)24(18)14-3-7-16(26)8-4-14/h1-10H,11-12H2. The van der Waals surface area contributed by atoms with Gasteiger partial charge in [0.15, 0.2) is 0 Å². The second-order valence-electron chi connectivity index (χ2n) is 7.00. The maximum atomic E-state index is 6.12. The Morgan fingerprint density at radius 1 is 0.600 bits per heavy atom. The molecule has 2 aliphatic heterocycles. The van der Waals surface area contributed by atoms with Crippen molar-refractivity contribution in [3.8, 4) is 11.5 Å². The van der Waals surface area contributed by atoms with E-state index in [0.717, 1.165) is 51.0 Å². The summed E-state index contributed by atoms with van der Waals surface area (Å²) in [6, 6.07) is 20.1. The summed E-state index contributed by atoms with van der Waals surface area (Å²) in [6.07, 6.45) is 0. The van der Waals surface area contributed by atoms with Gasteiger partial charge in [-0.1, -0.05) is 47.5 Å². The molecule has 0 N–H and O–H groups in total. The van der Waals surface area contributed by atoms with E-state index >= 15 is 0 Å². The van der Waals surface area contributed by atoms with Crippen LogP contribution in [0.1, 0.15) is 22.3 Å². The van der Waals surface area contributed by atoms with E-state index in [-0.39, 0.29) is 0 Å². The molecule has 2 aliphatic rings. The first-order valence-electron chi connectivity index (χ1n) is 9.25. The number of halogens is 4. The molecule has 0 aliphatic carbocycles. The fourth-order valence-electron chi connectivity index (χ4n) is 3.77. The summed E-state index contributed by atoms with van der Waals surface area (Å²) >= 11 is 17.0. The van der Waals surface area contributed by atoms with Gasteiger partial charge in [0.25, 0.3) is 0 Å². The molecule has 150 valence electrons. The minimum Gasteiger partial charge on any atom is -0.488 e. The summed E-state index contributed by atoms with van der Waals surface area (Å²) in [5.74, 6) is 1.68. The first-order valence-corrected chi connectivity index (χ1v) is 12.2. The van der Waals surface area contributed by atoms with Crippen molar-refractivity contribution < 1.29 is 9.47 Å². The highest BCUT2D eigenvalue weighted by Gasteiger charge is 2.27. The van der Waals surface area contributed by atoms with Gasteiger partial charge >= 0.3 is 0 Å². The van der Waals surface area contributed by atoms with Gasteiger partial charge in [-0.05, 0) is 86.6 Å². The molecule has 5 rings (SSSR count). The summed E-state index contributed by atoms with van der Waals surface area (Å²) in [4.78, 5) is 0. The van der Waals surface area contributed by atoms with Crippen molar-refractivity contribution in [2.75, 3.05) is 13.2 Å². The Balaban J connectivity index is 1.70. The summed E-state index contributed by atoms with van der Waals surface area (Å²) in [7, 11) is 0. The Labute approximate surface area is 212 Å². The van der Waals surface area contributed by atoms with Crippen molar-refractivity contribution in [2.24, 2.45) is 0 Å². The predicted molar refractivity (Wildman–Crippen MR) is 140 cm³/mol. The van der Waals surface area contributed by atoms with Gasteiger partial charge in [0.2, 0.25) is 0 Å². The Morgan fingerprint density at radius 3 is 1.40 bits per heavy atom. The molecule has 0 unspecified atom stereocenters. The third kappa shape index (κ3) is 3.76. The lowest BCUT2D eigenvalue weighted by atomic mass is 9.89. The van der Waals surface area contributed by atoms with Crippen LogP contribution in [-0.2, 0) is 0 Å². The monoisotopic (exact) mass is 658 g/mol. The van der Waals surface area contributed by atoms with Gasteiger partial charge in [-0.15, -0.1) is 0 Å². The lowest BCUT2D eigenvalue weighted by molar-refractivity contribution is 0.337. The molecule has 0 radical (unpaired) electrons. The maximum Gasteiger partial charge on any atom is 0.131 e. The zero-order valence-corrected chi connectivity index (χ0v) is 21.3. The van der Waals surface area contributed by atoms with Crippen molar-refractivity contribution >= 4 is 79.5 Å². The van der Waals surface area contributed by atoms with Crippen molar-refractivity contribution in [3.63, 3.8) is 0 Å². The van der Waals surface area contributed by atoms with E-state index in [1.54, 1.807) is 0 Å². The van der Waals surface area contributed by atoms with Crippen LogP contribution in [0.5, 0.6) is 11.5 Å². The van der Waals surface area contributed by atoms with Crippen LogP contribution in [-0.4, -0.2) is 13.2 Å². The zero-order chi connectivity index (χ0) is 20.8. The molecule has 0 fully saturated rings. The normalized spacial score (nSPS) is 15.3. The average molecular weight is 659 g/mol. The number of benzene rings is 3. The predicted octanol–water partition coefficient (Wildman–Crippen LogP) is 8.17. The smallest absolute Gasteiger partial charge is 0.131 e. The van der Waals surface area contributed by atoms with Crippen LogP contribution in [0.25, 0.3) is 11.1 Å². The van der Waals surface area contributed by atoms with Crippen molar-refractivity contribution in [2.45, 2.75) is 0 Å². The Hall–Kier alpha value is -1.22. The number of rotatable bonds is 2. The van der Waals surface area contributed by atoms with E-state index in [0.29, 0.717) is 13.2 Å². The minimum absolute atomic E-state index is 0.543. The van der Waals surface area contributed by atoms with Crippen LogP contribution < -0.4 is 9.47 Å². The average Bonchev–Trinajstić information content (AvgIpc) is 2.74. The molecule has 0 bridgehead atoms. The molecule has 0 saturated heterocycles. The number of hydrogen-bond acceptors (Lipinski definition) is 2. The van der Waals surface area contributed by atoms with E-state index < -0.39 is 0 Å². The number of ether oxygens (including phenoxy) is 2. The van der Waals surface area contributed by atoms with Gasteiger partial charge in [-0.2, -0.15) is 0 Å². The van der Waals surface area contributed by atoms with Gasteiger partial charge in [0.05, 0.1) is 0 Å². The first kappa shape index (κ1) is 20.7. The SMILES string of the molecule is Clc1ccc(C2=C(I)COc3cc4c(cc32)C(c2ccc(Cl)cc2)=C(I)CO4)cc1. The second-order valence-corrected chi connectivity index (χ2v) is 10.5. The fourth-order valence-corrected chi connectivity index (χ4v) is 5.53. The Bertz CT molecular complexity index is 1120. The largest absolute Gasteiger partial charge is 0.488 e. The van der Waals surface area contributed by atoms with Gasteiger partial charge < -0.3 is 9.47 Å². The van der Waals surface area contributed by atoms with Crippen LogP contribution in [0, 0.1) is 0 Å². The molecule has 0 aromatic heterocycles. The first-order chi connectivity index (χ1) is 14.5. The van der Waals surface area contributed by atoms with Crippen LogP contribution in [0.3, 0.4) is 0 Å². The number of hydrogen-bond donors (Lipinski definition) is 0. The molecule has 2 nitrogen and oxygen atoms in total. The van der Waals surface area contributed by atoms with E-state index in [1.165, 1.54) is 11.1 Å². The summed E-state index contributed by atoms with van der Waals surface area (Å²) in [5.41, 5.74) is 6.72. The quantitative estimate of drug-likeness (QED) is 0.259. The zero-order valence-electron chi connectivity index (χ0n) is 15.5. The number of fused-ring (bicyclic) bond motifs is 2. The summed E-state index contributed by atoms with van der Waals surface area (Å²) < 4.78 is 14.4. The second kappa shape index (κ2) is 8.37. The molecule has 0 saturated carbocycles. The van der Waals surface area contributed by atoms with Crippen molar-refractivity contribution in [1.82, 2.24) is 0 Å². The van der Waals surface area contributed by atoms with E-state index in [2.05, 4.69) is 75.5 Å². The summed E-state index contributed by atoms with van der Waals surface area (Å²) in [6.45, 7) is 1.09. The molecule has 3 aromatic carbocycles. The molecule has 3 aromatic rings. The molecule has 2 heterocycles. The van der Waals surface area contributed by atoms with Crippen LogP contribution in [0.15, 0.2) is 67.8 Å². The molecule has 0 amide bonds. The van der Waals surface area contributed by atoms with Gasteiger partial charge in [-0.3, -0.25) is 0 Å². The minimum atomic E-state index is 0.543. The maximum absolute atomic E-state index is 6.12. The van der Waals surface area contributed by atoms with Crippen molar-refractivity contribution in [3.05, 3.63) is 100 Å². The third-order valence-corrected chi connectivity index (χ3v) is 7.34. The molecular weight excluding hydrogens is 645 g/mol. The molecule has 30 heavy (non-hydrogen) atoms. The van der Waals surface area contributed by atoms with E-state index in [9.17, 15) is 0 Å². The van der Waals surface area contributed by atoms with Gasteiger partial charge in [0.1, 0.15) is 24.7 Å². The van der Waals surface area contributed by atoms with Crippen LogP contribution >= 0.6 is 68.4 Å². The third-order valence-electron chi connectivity index (χ3n) is 5.14. The van der Waals surface area contributed by atoms with Crippen LogP contribution in [0.4, 0.5) is 0 Å². The van der Waals surface area contributed by atoms with E-state index in [4.69, 9.17) is 32.7 Å². The highest BCUT2D eigenvalue weighted by molar-refractivity contribution is 14.1. The van der Waals surface area contributed by atoms with Crippen LogP contribution in [0.2, 0.25) is 10.0 Å². The van der Waals surface area contributed by atoms with Crippen molar-refractivity contribution in [1.29, 1.82) is 0 Å². The Kier molecular flexibility index (Phi) is 5.77. The highest BCUT2D eigenvalue weighted by atomic mass is 127. The lowest BCUT2D eigenvalue weighted by Gasteiger charge is -2.27. The van der Waals surface area contributed by atoms with E-state index in [1.807, 2.05) is 30.3 Å². The molecule has 0 atom stereocenters. The highest BCUT2D eigenvalue weighted by Crippen LogP contribution is 2.47. The summed E-state index contributed by atoms with van der Waals surface area (Å²) in [5, 5.41) is 1.45. The fraction of sp³-hybridized carbons (Fsp3) is 0.0833. The molecule has 0 spiro atoms. The lowest BCUT2D eigenvalue weighted by Crippen LogP contribution is -2.13. The molecular formula is C24H14Cl2I2O2. The topological polar surface area (TPSA) is 18.5 Å². The molecule has 6 heteroatoms. The van der Waals surface area contributed by atoms with Gasteiger partial charge in [0, 0.05) is 45.5 Å². The van der Waals surface area contributed by atoms with Gasteiger partial charge in [-0.25, -0.2) is 0 Å².